The molecule has 2 aromatic heterocycles. The highest BCUT2D eigenvalue weighted by molar-refractivity contribution is 7.13. The van der Waals surface area contributed by atoms with E-state index in [4.69, 9.17) is 18.6 Å². The Morgan fingerprint density at radius 3 is 2.64 bits per heavy atom. The van der Waals surface area contributed by atoms with Crippen molar-refractivity contribution in [3.05, 3.63) is 64.3 Å². The van der Waals surface area contributed by atoms with Gasteiger partial charge in [0.2, 0.25) is 11.2 Å². The van der Waals surface area contributed by atoms with Gasteiger partial charge in [-0.1, -0.05) is 19.1 Å². The van der Waals surface area contributed by atoms with Crippen LogP contribution >= 0.6 is 11.3 Å². The van der Waals surface area contributed by atoms with Crippen LogP contribution in [-0.4, -0.2) is 31.2 Å². The number of ether oxygens (including phenoxy) is 3. The molecule has 1 atom stereocenters. The summed E-state index contributed by atoms with van der Waals surface area (Å²) < 4.78 is 22.8. The molecule has 0 fully saturated rings. The van der Waals surface area contributed by atoms with Crippen molar-refractivity contribution < 1.29 is 23.4 Å². The number of rotatable bonds is 8. The van der Waals surface area contributed by atoms with E-state index in [0.717, 1.165) is 0 Å². The topological polar surface area (TPSA) is 99.9 Å². The zero-order chi connectivity index (χ0) is 23.4. The predicted octanol–water partition coefficient (Wildman–Crippen LogP) is 4.73. The van der Waals surface area contributed by atoms with Crippen LogP contribution in [-0.2, 0) is 4.79 Å². The van der Waals surface area contributed by atoms with Crippen LogP contribution in [0.2, 0.25) is 0 Å². The second-order valence-electron chi connectivity index (χ2n) is 7.00. The zero-order valence-electron chi connectivity index (χ0n) is 18.3. The van der Waals surface area contributed by atoms with Crippen LogP contribution in [0.4, 0.5) is 5.13 Å². The number of amides is 1. The molecule has 0 saturated heterocycles. The first-order valence-corrected chi connectivity index (χ1v) is 11.1. The summed E-state index contributed by atoms with van der Waals surface area (Å²) in [7, 11) is 3.06. The van der Waals surface area contributed by atoms with E-state index in [1.54, 1.807) is 61.0 Å². The van der Waals surface area contributed by atoms with Gasteiger partial charge in [0.05, 0.1) is 19.6 Å². The number of aromatic nitrogens is 1. The van der Waals surface area contributed by atoms with E-state index in [1.807, 2.05) is 0 Å². The molecule has 0 aliphatic heterocycles. The minimum absolute atomic E-state index is 0.0536. The number of carbonyl (C=O) groups is 1. The fourth-order valence-corrected chi connectivity index (χ4v) is 3.87. The molecule has 4 aromatic rings. The first-order valence-electron chi connectivity index (χ1n) is 10.2. The molecule has 170 valence electrons. The van der Waals surface area contributed by atoms with Crippen molar-refractivity contribution in [2.45, 2.75) is 19.4 Å². The number of hydrogen-bond acceptors (Lipinski definition) is 8. The van der Waals surface area contributed by atoms with Gasteiger partial charge in [-0.3, -0.25) is 14.9 Å². The van der Waals surface area contributed by atoms with Crippen molar-refractivity contribution in [1.82, 2.24) is 4.98 Å². The SMILES string of the molecule is CCC(Oc1c(-c2ccc(OC)c(OC)c2)oc2ccccc2c1=O)C(=O)Nc1nccs1. The first-order chi connectivity index (χ1) is 16.0. The third kappa shape index (κ3) is 4.54. The molecule has 1 amide bonds. The third-order valence-corrected chi connectivity index (χ3v) is 5.68. The first kappa shape index (κ1) is 22.3. The van der Waals surface area contributed by atoms with Crippen molar-refractivity contribution in [2.24, 2.45) is 0 Å². The van der Waals surface area contributed by atoms with E-state index in [9.17, 15) is 9.59 Å². The smallest absolute Gasteiger partial charge is 0.267 e. The van der Waals surface area contributed by atoms with E-state index in [1.165, 1.54) is 25.6 Å². The largest absolute Gasteiger partial charge is 0.493 e. The zero-order valence-corrected chi connectivity index (χ0v) is 19.1. The molecule has 4 rings (SSSR count). The summed E-state index contributed by atoms with van der Waals surface area (Å²) in [6.45, 7) is 1.80. The molecule has 0 aliphatic carbocycles. The molecule has 9 heteroatoms. The lowest BCUT2D eigenvalue weighted by atomic mass is 10.1. The Labute approximate surface area is 193 Å². The number of nitrogens with zero attached hydrogens (tertiary/aromatic N) is 1. The van der Waals surface area contributed by atoms with Gasteiger partial charge in [-0.15, -0.1) is 11.3 Å². The number of thiazole rings is 1. The Hall–Kier alpha value is -3.85. The maximum Gasteiger partial charge on any atom is 0.267 e. The van der Waals surface area contributed by atoms with Gasteiger partial charge in [0, 0.05) is 17.1 Å². The van der Waals surface area contributed by atoms with Gasteiger partial charge in [-0.25, -0.2) is 4.98 Å². The monoisotopic (exact) mass is 466 g/mol. The number of benzene rings is 2. The molecule has 0 radical (unpaired) electrons. The summed E-state index contributed by atoms with van der Waals surface area (Å²) in [4.78, 5) is 30.3. The Bertz CT molecular complexity index is 1330. The Balaban J connectivity index is 1.81. The van der Waals surface area contributed by atoms with Gasteiger partial charge in [-0.2, -0.15) is 0 Å². The molecule has 0 bridgehead atoms. The highest BCUT2D eigenvalue weighted by Gasteiger charge is 2.26. The molecule has 0 saturated carbocycles. The Kier molecular flexibility index (Phi) is 6.60. The number of hydrogen-bond donors (Lipinski definition) is 1. The lowest BCUT2D eigenvalue weighted by Crippen LogP contribution is -2.34. The molecule has 0 spiro atoms. The van der Waals surface area contributed by atoms with Crippen molar-refractivity contribution in [2.75, 3.05) is 19.5 Å². The van der Waals surface area contributed by atoms with Crippen LogP contribution in [0.15, 0.2) is 63.3 Å². The van der Waals surface area contributed by atoms with E-state index >= 15 is 0 Å². The minimum Gasteiger partial charge on any atom is -0.493 e. The summed E-state index contributed by atoms with van der Waals surface area (Å²) in [5.41, 5.74) is 0.572. The van der Waals surface area contributed by atoms with Gasteiger partial charge >= 0.3 is 0 Å². The van der Waals surface area contributed by atoms with Crippen molar-refractivity contribution >= 4 is 33.3 Å². The quantitative estimate of drug-likeness (QED) is 0.401. The van der Waals surface area contributed by atoms with E-state index in [0.29, 0.717) is 39.6 Å². The fraction of sp³-hybridized carbons (Fsp3) is 0.208. The standard InChI is InChI=1S/C24H22N2O6S/c1-4-16(23(28)26-24-25-11-12-33-24)31-22-20(27)15-7-5-6-8-17(15)32-21(22)14-9-10-18(29-2)19(13-14)30-3/h5-13,16H,4H2,1-3H3,(H,25,26,28). The van der Waals surface area contributed by atoms with Crippen molar-refractivity contribution in [1.29, 1.82) is 0 Å². The fourth-order valence-electron chi connectivity index (χ4n) is 3.34. The van der Waals surface area contributed by atoms with Gasteiger partial charge in [0.15, 0.2) is 28.5 Å². The molecule has 8 nitrogen and oxygen atoms in total. The van der Waals surface area contributed by atoms with Crippen LogP contribution < -0.4 is 25.0 Å². The van der Waals surface area contributed by atoms with Gasteiger partial charge in [-0.05, 0) is 36.8 Å². The van der Waals surface area contributed by atoms with Crippen LogP contribution in [0.1, 0.15) is 13.3 Å². The summed E-state index contributed by atoms with van der Waals surface area (Å²) >= 11 is 1.29. The van der Waals surface area contributed by atoms with Crippen LogP contribution in [0, 0.1) is 0 Å². The second-order valence-corrected chi connectivity index (χ2v) is 7.89. The number of nitrogens with one attached hydrogen (secondary N) is 1. The number of para-hydroxylation sites is 1. The van der Waals surface area contributed by atoms with Gasteiger partial charge < -0.3 is 18.6 Å². The number of anilines is 1. The van der Waals surface area contributed by atoms with Gasteiger partial charge in [0.25, 0.3) is 5.91 Å². The molecule has 33 heavy (non-hydrogen) atoms. The molecule has 1 N–H and O–H groups in total. The highest BCUT2D eigenvalue weighted by atomic mass is 32.1. The van der Waals surface area contributed by atoms with E-state index in [2.05, 4.69) is 10.3 Å². The predicted molar refractivity (Wildman–Crippen MR) is 126 cm³/mol. The van der Waals surface area contributed by atoms with E-state index in [-0.39, 0.29) is 16.9 Å². The van der Waals surface area contributed by atoms with Crippen molar-refractivity contribution in [3.63, 3.8) is 0 Å². The van der Waals surface area contributed by atoms with Gasteiger partial charge in [0.1, 0.15) is 5.58 Å². The Morgan fingerprint density at radius 2 is 1.94 bits per heavy atom. The lowest BCUT2D eigenvalue weighted by molar-refractivity contribution is -0.122. The average molecular weight is 467 g/mol. The third-order valence-electron chi connectivity index (χ3n) is 4.99. The summed E-state index contributed by atoms with van der Waals surface area (Å²) in [5.74, 6) is 0.729. The minimum atomic E-state index is -0.933. The van der Waals surface area contributed by atoms with Crippen LogP contribution in [0.3, 0.4) is 0 Å². The summed E-state index contributed by atoms with van der Waals surface area (Å²) in [6, 6.07) is 12.0. The maximum absolute atomic E-state index is 13.4. The number of carbonyl (C=O) groups excluding carboxylic acids is 1. The highest BCUT2D eigenvalue weighted by Crippen LogP contribution is 2.37. The van der Waals surface area contributed by atoms with Crippen LogP contribution in [0.25, 0.3) is 22.3 Å². The molecular weight excluding hydrogens is 444 g/mol. The maximum atomic E-state index is 13.4. The molecule has 0 aliphatic rings. The van der Waals surface area contributed by atoms with Crippen LogP contribution in [0.5, 0.6) is 17.2 Å². The molecular formula is C24H22N2O6S. The van der Waals surface area contributed by atoms with E-state index < -0.39 is 12.0 Å². The number of fused-ring (bicyclic) bond motifs is 1. The van der Waals surface area contributed by atoms with Crippen molar-refractivity contribution in [3.8, 4) is 28.6 Å². The average Bonchev–Trinajstić information content (AvgIpc) is 3.36. The molecule has 2 heterocycles. The second kappa shape index (κ2) is 9.74. The molecule has 2 aromatic carbocycles. The normalized spacial score (nSPS) is 11.7. The summed E-state index contributed by atoms with van der Waals surface area (Å²) in [5, 5.41) is 5.28. The number of methoxy groups -OCH3 is 2. The Morgan fingerprint density at radius 1 is 1.15 bits per heavy atom. The lowest BCUT2D eigenvalue weighted by Gasteiger charge is -2.18. The molecule has 1 unspecified atom stereocenters. The summed E-state index contributed by atoms with van der Waals surface area (Å²) in [6.07, 6.45) is 0.987.